The van der Waals surface area contributed by atoms with E-state index < -0.39 is 66.3 Å². The van der Waals surface area contributed by atoms with Crippen LogP contribution in [0, 0.1) is 11.8 Å². The molecule has 0 bridgehead atoms. The van der Waals surface area contributed by atoms with Gasteiger partial charge in [-0.3, -0.25) is 19.7 Å². The number of urea groups is 1. The van der Waals surface area contributed by atoms with Crippen molar-refractivity contribution < 1.29 is 43.3 Å². The molecule has 2 fully saturated rings. The van der Waals surface area contributed by atoms with E-state index in [0.29, 0.717) is 45.8 Å². The number of alkyl carbamates (subject to hydrolysis) is 1. The lowest BCUT2D eigenvalue weighted by atomic mass is 9.80. The molecule has 3 aromatic rings. The molecule has 7 atom stereocenters. The van der Waals surface area contributed by atoms with Crippen molar-refractivity contribution in [3.63, 3.8) is 0 Å². The Bertz CT molecular complexity index is 1740. The van der Waals surface area contributed by atoms with Crippen LogP contribution >= 0.6 is 0 Å². The van der Waals surface area contributed by atoms with Gasteiger partial charge in [-0.1, -0.05) is 97.9 Å². The highest BCUT2D eigenvalue weighted by Gasteiger charge is 2.38. The van der Waals surface area contributed by atoms with Crippen LogP contribution in [0.3, 0.4) is 0 Å². The number of rotatable bonds is 18. The standard InChI is InChI=1S/C43H55N5O9/c1-29(38(44)41(52)45-34(28-32-16-9-4-10-17-32)40(51)47-42(53)48-21-24-55-25-22-48)26-36(50)33(27-31-14-7-3-8-15-31)39(46-43(54)57-37-18-11-23-56-37)35(49)20-19-30-12-5-2-6-13-30/h2-10,12-17,29,33-35,37-39,49H,11,18-28,44H2,1H3,(H,45,52)(H,46,54)(H,47,51,53). The first-order valence-electron chi connectivity index (χ1n) is 19.7. The molecule has 14 heteroatoms. The Morgan fingerprint density at radius 1 is 0.825 bits per heavy atom. The van der Waals surface area contributed by atoms with Crippen molar-refractivity contribution in [2.45, 2.75) is 82.4 Å². The lowest BCUT2D eigenvalue weighted by Gasteiger charge is -2.32. The number of benzene rings is 3. The van der Waals surface area contributed by atoms with Crippen LogP contribution in [0.2, 0.25) is 0 Å². The molecule has 14 nitrogen and oxygen atoms in total. The second kappa shape index (κ2) is 22.0. The summed E-state index contributed by atoms with van der Waals surface area (Å²) in [6.45, 7) is 3.49. The Kier molecular flexibility index (Phi) is 16.6. The molecule has 5 amide bonds. The normalized spacial score (nSPS) is 18.6. The second-order valence-electron chi connectivity index (χ2n) is 14.7. The van der Waals surface area contributed by atoms with Gasteiger partial charge in [-0.15, -0.1) is 0 Å². The molecule has 7 unspecified atom stereocenters. The molecule has 2 heterocycles. The number of carbonyl (C=O) groups excluding carboxylic acids is 5. The number of nitrogens with two attached hydrogens (primary N) is 1. The van der Waals surface area contributed by atoms with Crippen molar-refractivity contribution in [3.8, 4) is 0 Å². The predicted octanol–water partition coefficient (Wildman–Crippen LogP) is 3.29. The van der Waals surface area contributed by atoms with Gasteiger partial charge in [-0.25, -0.2) is 9.59 Å². The molecule has 0 spiro atoms. The maximum absolute atomic E-state index is 14.4. The van der Waals surface area contributed by atoms with E-state index >= 15 is 0 Å². The van der Waals surface area contributed by atoms with Gasteiger partial charge in [0.25, 0.3) is 5.91 Å². The zero-order valence-electron chi connectivity index (χ0n) is 32.4. The number of ether oxygens (including phenoxy) is 3. The Morgan fingerprint density at radius 3 is 2.02 bits per heavy atom. The predicted molar refractivity (Wildman–Crippen MR) is 212 cm³/mol. The van der Waals surface area contributed by atoms with Gasteiger partial charge in [0.05, 0.1) is 38.0 Å². The molecule has 57 heavy (non-hydrogen) atoms. The van der Waals surface area contributed by atoms with E-state index in [1.807, 2.05) is 66.7 Å². The fraction of sp³-hybridized carbons (Fsp3) is 0.465. The summed E-state index contributed by atoms with van der Waals surface area (Å²) in [5.74, 6) is -3.37. The molecule has 5 rings (SSSR count). The van der Waals surface area contributed by atoms with Crippen molar-refractivity contribution in [1.29, 1.82) is 0 Å². The van der Waals surface area contributed by atoms with E-state index in [9.17, 15) is 29.1 Å². The summed E-state index contributed by atoms with van der Waals surface area (Å²) in [6, 6.07) is 23.9. The molecule has 0 aromatic heterocycles. The number of aryl methyl sites for hydroxylation is 1. The molecule has 0 radical (unpaired) electrons. The maximum atomic E-state index is 14.4. The second-order valence-corrected chi connectivity index (χ2v) is 14.7. The summed E-state index contributed by atoms with van der Waals surface area (Å²) in [5, 5.41) is 19.6. The number of nitrogens with one attached hydrogen (secondary N) is 3. The van der Waals surface area contributed by atoms with E-state index in [1.54, 1.807) is 31.2 Å². The summed E-state index contributed by atoms with van der Waals surface area (Å²) in [5.41, 5.74) is 9.05. The zero-order chi connectivity index (χ0) is 40.6. The van der Waals surface area contributed by atoms with Crippen LogP contribution in [-0.2, 0) is 47.9 Å². The Labute approximate surface area is 333 Å². The number of nitrogens with zero attached hydrogens (tertiary/aromatic N) is 1. The van der Waals surface area contributed by atoms with Crippen molar-refractivity contribution in [2.75, 3.05) is 32.9 Å². The third-order valence-corrected chi connectivity index (χ3v) is 10.4. The van der Waals surface area contributed by atoms with Crippen LogP contribution < -0.4 is 21.7 Å². The van der Waals surface area contributed by atoms with Crippen LogP contribution in [0.1, 0.15) is 49.3 Å². The van der Waals surface area contributed by atoms with Gasteiger partial charge in [0.2, 0.25) is 12.2 Å². The zero-order valence-corrected chi connectivity index (χ0v) is 32.4. The monoisotopic (exact) mass is 785 g/mol. The smallest absolute Gasteiger partial charge is 0.409 e. The Balaban J connectivity index is 1.31. The van der Waals surface area contributed by atoms with E-state index in [0.717, 1.165) is 23.1 Å². The van der Waals surface area contributed by atoms with E-state index in [-0.39, 0.29) is 31.5 Å². The van der Waals surface area contributed by atoms with Gasteiger partial charge in [0, 0.05) is 38.3 Å². The minimum Gasteiger partial charge on any atom is -0.420 e. The number of morpholine rings is 1. The van der Waals surface area contributed by atoms with Gasteiger partial charge in [-0.2, -0.15) is 0 Å². The quantitative estimate of drug-likeness (QED) is 0.128. The van der Waals surface area contributed by atoms with Crippen LogP contribution in [0.15, 0.2) is 91.0 Å². The fourth-order valence-electron chi connectivity index (χ4n) is 7.06. The summed E-state index contributed by atoms with van der Waals surface area (Å²) in [7, 11) is 0. The van der Waals surface area contributed by atoms with Gasteiger partial charge in [-0.05, 0) is 48.3 Å². The first-order chi connectivity index (χ1) is 27.6. The first kappa shape index (κ1) is 43.0. The molecule has 306 valence electrons. The summed E-state index contributed by atoms with van der Waals surface area (Å²) >= 11 is 0. The average molecular weight is 786 g/mol. The number of Topliss-reactive ketones (excluding diaryl/α,β-unsaturated/α-hetero) is 1. The molecule has 2 aliphatic heterocycles. The highest BCUT2D eigenvalue weighted by Crippen LogP contribution is 2.24. The maximum Gasteiger partial charge on any atom is 0.409 e. The molecule has 3 aromatic carbocycles. The number of imide groups is 1. The van der Waals surface area contributed by atoms with Gasteiger partial charge in [0.1, 0.15) is 11.8 Å². The van der Waals surface area contributed by atoms with Crippen molar-refractivity contribution in [2.24, 2.45) is 17.6 Å². The van der Waals surface area contributed by atoms with Crippen molar-refractivity contribution >= 4 is 29.7 Å². The summed E-state index contributed by atoms with van der Waals surface area (Å²) in [4.78, 5) is 69.3. The number of aliphatic hydroxyl groups excluding tert-OH is 1. The van der Waals surface area contributed by atoms with Crippen LogP contribution in [0.4, 0.5) is 9.59 Å². The molecule has 2 saturated heterocycles. The number of ketones is 1. The molecule has 6 N–H and O–H groups in total. The molecule has 0 aliphatic carbocycles. The molecular weight excluding hydrogens is 730 g/mol. The fourth-order valence-corrected chi connectivity index (χ4v) is 7.06. The van der Waals surface area contributed by atoms with Crippen molar-refractivity contribution in [3.05, 3.63) is 108 Å². The van der Waals surface area contributed by atoms with Crippen LogP contribution in [0.5, 0.6) is 0 Å². The van der Waals surface area contributed by atoms with E-state index in [1.165, 1.54) is 4.90 Å². The lowest BCUT2D eigenvalue weighted by Crippen LogP contribution is -2.57. The third kappa shape index (κ3) is 13.5. The highest BCUT2D eigenvalue weighted by atomic mass is 16.7. The minimum absolute atomic E-state index is 0.0875. The van der Waals surface area contributed by atoms with E-state index in [2.05, 4.69) is 16.0 Å². The Morgan fingerprint density at radius 2 is 1.42 bits per heavy atom. The summed E-state index contributed by atoms with van der Waals surface area (Å²) < 4.78 is 16.3. The topological polar surface area (TPSA) is 199 Å². The van der Waals surface area contributed by atoms with E-state index in [4.69, 9.17) is 19.9 Å². The third-order valence-electron chi connectivity index (χ3n) is 10.4. The number of hydrogen-bond acceptors (Lipinski definition) is 10. The number of aliphatic hydroxyl groups is 1. The van der Waals surface area contributed by atoms with Gasteiger partial charge >= 0.3 is 12.1 Å². The minimum atomic E-state index is -1.23. The van der Waals surface area contributed by atoms with Crippen LogP contribution in [-0.4, -0.2) is 103 Å². The average Bonchev–Trinajstić information content (AvgIpc) is 3.75. The van der Waals surface area contributed by atoms with Crippen molar-refractivity contribution in [1.82, 2.24) is 20.9 Å². The molecule has 2 aliphatic rings. The molecule has 0 saturated carbocycles. The van der Waals surface area contributed by atoms with Gasteiger partial charge in [0.15, 0.2) is 0 Å². The first-order valence-corrected chi connectivity index (χ1v) is 19.7. The Hall–Kier alpha value is -5.15. The number of carbonyl (C=O) groups is 5. The SMILES string of the molecule is CC(CC(=O)C(Cc1ccccc1)C(NC(=O)OC1CCCO1)C(O)CCc1ccccc1)C(N)C(=O)NC(Cc1ccccc1)C(=O)NC(=O)N1CCOCC1. The lowest BCUT2D eigenvalue weighted by molar-refractivity contribution is -0.131. The number of amides is 5. The summed E-state index contributed by atoms with van der Waals surface area (Å²) in [6.07, 6.45) is -0.586. The number of hydrogen-bond donors (Lipinski definition) is 5. The van der Waals surface area contributed by atoms with Gasteiger partial charge < -0.3 is 40.6 Å². The largest absolute Gasteiger partial charge is 0.420 e. The molecular formula is C43H55N5O9. The van der Waals surface area contributed by atoms with Crippen LogP contribution in [0.25, 0.3) is 0 Å². The highest BCUT2D eigenvalue weighted by molar-refractivity contribution is 5.99.